The topological polar surface area (TPSA) is 103 Å². The molecule has 2 rings (SSSR count). The summed E-state index contributed by atoms with van der Waals surface area (Å²) in [7, 11) is 0. The first kappa shape index (κ1) is 14.6. The van der Waals surface area contributed by atoms with Gasteiger partial charge in [-0.3, -0.25) is 4.68 Å². The van der Waals surface area contributed by atoms with Crippen LogP contribution in [0.4, 0.5) is 16.2 Å². The second-order valence-electron chi connectivity index (χ2n) is 4.44. The molecular formula is C14H15N5O2. The summed E-state index contributed by atoms with van der Waals surface area (Å²) in [6, 6.07) is 6.68. The molecule has 1 aromatic carbocycles. The van der Waals surface area contributed by atoms with Gasteiger partial charge in [-0.05, 0) is 24.6 Å². The summed E-state index contributed by atoms with van der Waals surface area (Å²) in [5.41, 5.74) is 2.44. The van der Waals surface area contributed by atoms with E-state index in [0.717, 1.165) is 5.56 Å². The van der Waals surface area contributed by atoms with Crippen molar-refractivity contribution in [1.29, 1.82) is 5.26 Å². The van der Waals surface area contributed by atoms with Gasteiger partial charge in [0.25, 0.3) is 0 Å². The summed E-state index contributed by atoms with van der Waals surface area (Å²) < 4.78 is 1.52. The van der Waals surface area contributed by atoms with Crippen molar-refractivity contribution in [2.45, 2.75) is 13.5 Å². The third-order valence-electron chi connectivity index (χ3n) is 2.84. The minimum absolute atomic E-state index is 0.0204. The van der Waals surface area contributed by atoms with Crippen LogP contribution in [0.3, 0.4) is 0 Å². The number of aryl methyl sites for hydroxylation is 1. The number of hydrogen-bond donors (Lipinski definition) is 3. The first-order valence-corrected chi connectivity index (χ1v) is 6.34. The van der Waals surface area contributed by atoms with Gasteiger partial charge in [0.2, 0.25) is 0 Å². The Kier molecular flexibility index (Phi) is 4.53. The van der Waals surface area contributed by atoms with E-state index in [1.54, 1.807) is 24.4 Å². The maximum Gasteiger partial charge on any atom is 0.323 e. The Morgan fingerprint density at radius 1 is 1.48 bits per heavy atom. The zero-order valence-corrected chi connectivity index (χ0v) is 11.5. The zero-order valence-electron chi connectivity index (χ0n) is 11.5. The summed E-state index contributed by atoms with van der Waals surface area (Å²) >= 11 is 0. The second kappa shape index (κ2) is 6.54. The lowest BCUT2D eigenvalue weighted by Gasteiger charge is -2.09. The predicted molar refractivity (Wildman–Crippen MR) is 77.8 cm³/mol. The number of rotatable bonds is 4. The third kappa shape index (κ3) is 3.81. The van der Waals surface area contributed by atoms with Gasteiger partial charge in [-0.25, -0.2) is 4.79 Å². The number of hydrogen-bond acceptors (Lipinski definition) is 4. The number of nitrogens with zero attached hydrogens (tertiary/aromatic N) is 3. The standard InChI is InChI=1S/C14H15N5O2/c1-10-2-3-11(7-15)6-13(10)18-14(21)17-12-8-16-19(9-12)4-5-20/h2-3,6,8-9,20H,4-5H2,1H3,(H2,17,18,21). The van der Waals surface area contributed by atoms with Crippen LogP contribution in [0, 0.1) is 18.3 Å². The number of benzene rings is 1. The van der Waals surface area contributed by atoms with Gasteiger partial charge >= 0.3 is 6.03 Å². The average molecular weight is 285 g/mol. The normalized spacial score (nSPS) is 9.95. The van der Waals surface area contributed by atoms with Crippen molar-refractivity contribution in [2.24, 2.45) is 0 Å². The van der Waals surface area contributed by atoms with Crippen LogP contribution in [0.2, 0.25) is 0 Å². The number of anilines is 2. The lowest BCUT2D eigenvalue weighted by Crippen LogP contribution is -2.19. The Morgan fingerprint density at radius 2 is 2.29 bits per heavy atom. The molecule has 0 fully saturated rings. The van der Waals surface area contributed by atoms with E-state index in [1.807, 2.05) is 13.0 Å². The van der Waals surface area contributed by atoms with E-state index in [9.17, 15) is 4.79 Å². The highest BCUT2D eigenvalue weighted by Gasteiger charge is 2.07. The first-order chi connectivity index (χ1) is 10.1. The Labute approximate surface area is 121 Å². The Bertz CT molecular complexity index is 687. The lowest BCUT2D eigenvalue weighted by molar-refractivity contribution is 0.262. The average Bonchev–Trinajstić information content (AvgIpc) is 2.89. The van der Waals surface area contributed by atoms with Crippen molar-refractivity contribution in [2.75, 3.05) is 17.2 Å². The number of carbonyl (C=O) groups is 1. The van der Waals surface area contributed by atoms with Crippen molar-refractivity contribution < 1.29 is 9.90 Å². The smallest absolute Gasteiger partial charge is 0.323 e. The maximum absolute atomic E-state index is 11.9. The zero-order chi connectivity index (χ0) is 15.2. The summed E-state index contributed by atoms with van der Waals surface area (Å²) in [6.07, 6.45) is 3.11. The molecule has 0 saturated heterocycles. The highest BCUT2D eigenvalue weighted by atomic mass is 16.3. The number of urea groups is 1. The van der Waals surface area contributed by atoms with Crippen LogP contribution in [0.1, 0.15) is 11.1 Å². The molecule has 0 aliphatic carbocycles. The highest BCUT2D eigenvalue weighted by molar-refractivity contribution is 6.00. The highest BCUT2D eigenvalue weighted by Crippen LogP contribution is 2.17. The molecular weight excluding hydrogens is 270 g/mol. The minimum atomic E-state index is -0.420. The number of amides is 2. The molecule has 3 N–H and O–H groups in total. The number of aliphatic hydroxyl groups excluding tert-OH is 1. The van der Waals surface area contributed by atoms with E-state index >= 15 is 0 Å². The molecule has 0 radical (unpaired) electrons. The number of aromatic nitrogens is 2. The van der Waals surface area contributed by atoms with Gasteiger partial charge in [-0.15, -0.1) is 0 Å². The molecule has 2 amide bonds. The van der Waals surface area contributed by atoms with Gasteiger partial charge < -0.3 is 15.7 Å². The van der Waals surface area contributed by atoms with Crippen molar-refractivity contribution >= 4 is 17.4 Å². The van der Waals surface area contributed by atoms with Crippen LogP contribution in [0.15, 0.2) is 30.6 Å². The number of nitriles is 1. The third-order valence-corrected chi connectivity index (χ3v) is 2.84. The summed E-state index contributed by atoms with van der Waals surface area (Å²) in [6.45, 7) is 2.19. The van der Waals surface area contributed by atoms with Crippen LogP contribution in [0.25, 0.3) is 0 Å². The van der Waals surface area contributed by atoms with Gasteiger partial charge in [0.05, 0.1) is 36.7 Å². The SMILES string of the molecule is Cc1ccc(C#N)cc1NC(=O)Nc1cnn(CCO)c1. The molecule has 0 atom stereocenters. The molecule has 0 spiro atoms. The van der Waals surface area contributed by atoms with Gasteiger partial charge in [-0.2, -0.15) is 10.4 Å². The number of nitrogens with one attached hydrogen (secondary N) is 2. The molecule has 0 bridgehead atoms. The van der Waals surface area contributed by atoms with Crippen molar-refractivity contribution in [3.8, 4) is 6.07 Å². The van der Waals surface area contributed by atoms with E-state index in [-0.39, 0.29) is 6.61 Å². The predicted octanol–water partition coefficient (Wildman–Crippen LogP) is 1.70. The van der Waals surface area contributed by atoms with Crippen LogP contribution < -0.4 is 10.6 Å². The van der Waals surface area contributed by atoms with Crippen LogP contribution in [-0.2, 0) is 6.54 Å². The van der Waals surface area contributed by atoms with E-state index in [0.29, 0.717) is 23.5 Å². The first-order valence-electron chi connectivity index (χ1n) is 6.34. The van der Waals surface area contributed by atoms with Gasteiger partial charge in [0.1, 0.15) is 0 Å². The molecule has 108 valence electrons. The molecule has 0 aliphatic rings. The van der Waals surface area contributed by atoms with Crippen molar-refractivity contribution in [3.63, 3.8) is 0 Å². The molecule has 0 aliphatic heterocycles. The summed E-state index contributed by atoms with van der Waals surface area (Å²) in [5.74, 6) is 0. The maximum atomic E-state index is 11.9. The fourth-order valence-corrected chi connectivity index (χ4v) is 1.76. The van der Waals surface area contributed by atoms with E-state index in [4.69, 9.17) is 10.4 Å². The molecule has 7 heteroatoms. The fourth-order valence-electron chi connectivity index (χ4n) is 1.76. The van der Waals surface area contributed by atoms with Crippen LogP contribution in [-0.4, -0.2) is 27.5 Å². The molecule has 1 aromatic heterocycles. The Hall–Kier alpha value is -2.85. The minimum Gasteiger partial charge on any atom is -0.394 e. The number of aliphatic hydroxyl groups is 1. The molecule has 7 nitrogen and oxygen atoms in total. The lowest BCUT2D eigenvalue weighted by atomic mass is 10.1. The largest absolute Gasteiger partial charge is 0.394 e. The van der Waals surface area contributed by atoms with Crippen molar-refractivity contribution in [1.82, 2.24) is 9.78 Å². The molecule has 0 saturated carbocycles. The molecule has 1 heterocycles. The fraction of sp³-hybridized carbons (Fsp3) is 0.214. The Balaban J connectivity index is 2.02. The van der Waals surface area contributed by atoms with Gasteiger partial charge in [0.15, 0.2) is 0 Å². The van der Waals surface area contributed by atoms with Crippen LogP contribution >= 0.6 is 0 Å². The number of carbonyl (C=O) groups excluding carboxylic acids is 1. The monoisotopic (exact) mass is 285 g/mol. The quantitative estimate of drug-likeness (QED) is 0.795. The molecule has 21 heavy (non-hydrogen) atoms. The van der Waals surface area contributed by atoms with Crippen molar-refractivity contribution in [3.05, 3.63) is 41.7 Å². The van der Waals surface area contributed by atoms with Gasteiger partial charge in [-0.1, -0.05) is 6.07 Å². The van der Waals surface area contributed by atoms with Gasteiger partial charge in [0, 0.05) is 11.9 Å². The molecule has 2 aromatic rings. The van der Waals surface area contributed by atoms with E-state index in [1.165, 1.54) is 10.9 Å². The second-order valence-corrected chi connectivity index (χ2v) is 4.44. The Morgan fingerprint density at radius 3 is 3.00 bits per heavy atom. The van der Waals surface area contributed by atoms with E-state index in [2.05, 4.69) is 15.7 Å². The van der Waals surface area contributed by atoms with Crippen LogP contribution in [0.5, 0.6) is 0 Å². The summed E-state index contributed by atoms with van der Waals surface area (Å²) in [5, 5.41) is 27.0. The van der Waals surface area contributed by atoms with E-state index < -0.39 is 6.03 Å². The molecule has 0 unspecified atom stereocenters. The summed E-state index contributed by atoms with van der Waals surface area (Å²) in [4.78, 5) is 11.9.